The van der Waals surface area contributed by atoms with Crippen LogP contribution in [0.15, 0.2) is 22.7 Å². The van der Waals surface area contributed by atoms with E-state index in [0.29, 0.717) is 25.8 Å². The standard InChI is InChI=1S/C15H19BrFNO3/c16-13-7-6-12(17)10-11(13)5-8-14(19)18-9-3-1-2-4-15(20)21/h6-7,10H,1-5,8-9H2,(H,18,19)(H,20,21). The summed E-state index contributed by atoms with van der Waals surface area (Å²) in [7, 11) is 0. The van der Waals surface area contributed by atoms with Crippen LogP contribution in [-0.2, 0) is 16.0 Å². The topological polar surface area (TPSA) is 66.4 Å². The van der Waals surface area contributed by atoms with Gasteiger partial charge in [-0.1, -0.05) is 22.4 Å². The van der Waals surface area contributed by atoms with Gasteiger partial charge in [0.1, 0.15) is 5.82 Å². The Morgan fingerprint density at radius 3 is 2.67 bits per heavy atom. The number of aliphatic carboxylic acids is 1. The largest absolute Gasteiger partial charge is 0.481 e. The van der Waals surface area contributed by atoms with Crippen molar-refractivity contribution in [3.8, 4) is 0 Å². The third-order valence-corrected chi connectivity index (χ3v) is 3.79. The van der Waals surface area contributed by atoms with E-state index in [0.717, 1.165) is 22.9 Å². The molecular formula is C15H19BrFNO3. The summed E-state index contributed by atoms with van der Waals surface area (Å²) in [4.78, 5) is 22.0. The Balaban J connectivity index is 2.16. The summed E-state index contributed by atoms with van der Waals surface area (Å²) in [5.74, 6) is -1.18. The molecule has 2 N–H and O–H groups in total. The van der Waals surface area contributed by atoms with E-state index >= 15 is 0 Å². The van der Waals surface area contributed by atoms with E-state index in [1.165, 1.54) is 12.1 Å². The molecule has 0 saturated carbocycles. The van der Waals surface area contributed by atoms with Gasteiger partial charge in [-0.05, 0) is 43.0 Å². The molecule has 0 unspecified atom stereocenters. The molecular weight excluding hydrogens is 341 g/mol. The van der Waals surface area contributed by atoms with Crippen molar-refractivity contribution in [3.63, 3.8) is 0 Å². The minimum absolute atomic E-state index is 0.0793. The number of amides is 1. The van der Waals surface area contributed by atoms with Crippen molar-refractivity contribution >= 4 is 27.8 Å². The lowest BCUT2D eigenvalue weighted by Crippen LogP contribution is -2.24. The van der Waals surface area contributed by atoms with Gasteiger partial charge in [0.25, 0.3) is 0 Å². The summed E-state index contributed by atoms with van der Waals surface area (Å²) in [6.45, 7) is 0.544. The Kier molecular flexibility index (Phi) is 7.97. The summed E-state index contributed by atoms with van der Waals surface area (Å²) in [6, 6.07) is 4.42. The molecule has 1 amide bonds. The van der Waals surface area contributed by atoms with Crippen LogP contribution in [0.4, 0.5) is 4.39 Å². The van der Waals surface area contributed by atoms with Gasteiger partial charge in [-0.15, -0.1) is 0 Å². The number of rotatable bonds is 9. The average Bonchev–Trinajstić information content (AvgIpc) is 2.43. The number of carbonyl (C=O) groups is 2. The zero-order valence-electron chi connectivity index (χ0n) is 11.7. The summed E-state index contributed by atoms with van der Waals surface area (Å²) in [6.07, 6.45) is 3.12. The van der Waals surface area contributed by atoms with E-state index < -0.39 is 5.97 Å². The van der Waals surface area contributed by atoms with Gasteiger partial charge in [0.15, 0.2) is 0 Å². The number of unbranched alkanes of at least 4 members (excludes halogenated alkanes) is 2. The van der Waals surface area contributed by atoms with Crippen LogP contribution in [0.5, 0.6) is 0 Å². The fourth-order valence-corrected chi connectivity index (χ4v) is 2.32. The lowest BCUT2D eigenvalue weighted by atomic mass is 10.1. The van der Waals surface area contributed by atoms with Crippen molar-refractivity contribution in [2.24, 2.45) is 0 Å². The molecule has 0 radical (unpaired) electrons. The van der Waals surface area contributed by atoms with E-state index in [4.69, 9.17) is 5.11 Å². The lowest BCUT2D eigenvalue weighted by molar-refractivity contribution is -0.137. The summed E-state index contributed by atoms with van der Waals surface area (Å²) in [5.41, 5.74) is 0.770. The van der Waals surface area contributed by atoms with Crippen LogP contribution < -0.4 is 5.32 Å². The van der Waals surface area contributed by atoms with Gasteiger partial charge in [-0.3, -0.25) is 9.59 Å². The number of nitrogens with one attached hydrogen (secondary N) is 1. The van der Waals surface area contributed by atoms with Crippen molar-refractivity contribution in [3.05, 3.63) is 34.1 Å². The molecule has 0 aliphatic carbocycles. The first-order chi connectivity index (χ1) is 9.99. The molecule has 1 aromatic rings. The number of hydrogen-bond acceptors (Lipinski definition) is 2. The molecule has 0 aromatic heterocycles. The minimum atomic E-state index is -0.792. The highest BCUT2D eigenvalue weighted by atomic mass is 79.9. The molecule has 0 atom stereocenters. The van der Waals surface area contributed by atoms with Crippen molar-refractivity contribution in [1.82, 2.24) is 5.32 Å². The Morgan fingerprint density at radius 2 is 1.95 bits per heavy atom. The highest BCUT2D eigenvalue weighted by molar-refractivity contribution is 9.10. The second kappa shape index (κ2) is 9.50. The number of benzene rings is 1. The van der Waals surface area contributed by atoms with Crippen LogP contribution in [0.1, 0.15) is 37.7 Å². The van der Waals surface area contributed by atoms with Crippen LogP contribution in [0.3, 0.4) is 0 Å². The van der Waals surface area contributed by atoms with Crippen molar-refractivity contribution in [2.75, 3.05) is 6.54 Å². The van der Waals surface area contributed by atoms with Gasteiger partial charge >= 0.3 is 5.97 Å². The summed E-state index contributed by atoms with van der Waals surface area (Å²) >= 11 is 3.33. The molecule has 0 aliphatic rings. The van der Waals surface area contributed by atoms with Crippen molar-refractivity contribution < 1.29 is 19.1 Å². The van der Waals surface area contributed by atoms with E-state index in [1.807, 2.05) is 0 Å². The van der Waals surface area contributed by atoms with Gasteiger partial charge in [-0.2, -0.15) is 0 Å². The maximum absolute atomic E-state index is 13.1. The van der Waals surface area contributed by atoms with E-state index in [9.17, 15) is 14.0 Å². The quantitative estimate of drug-likeness (QED) is 0.665. The first-order valence-corrected chi connectivity index (χ1v) is 7.71. The number of carboxylic acids is 1. The predicted molar refractivity (Wildman–Crippen MR) is 81.5 cm³/mol. The monoisotopic (exact) mass is 359 g/mol. The number of halogens is 2. The molecule has 0 spiro atoms. The molecule has 1 aromatic carbocycles. The Hall–Kier alpha value is -1.43. The number of aryl methyl sites for hydroxylation is 1. The van der Waals surface area contributed by atoms with Crippen LogP contribution in [0.2, 0.25) is 0 Å². The normalized spacial score (nSPS) is 10.4. The summed E-state index contributed by atoms with van der Waals surface area (Å²) in [5, 5.41) is 11.3. The first kappa shape index (κ1) is 17.6. The highest BCUT2D eigenvalue weighted by Gasteiger charge is 2.06. The van der Waals surface area contributed by atoms with Gasteiger partial charge < -0.3 is 10.4 Å². The number of carbonyl (C=O) groups excluding carboxylic acids is 1. The fraction of sp³-hybridized carbons (Fsp3) is 0.467. The summed E-state index contributed by atoms with van der Waals surface area (Å²) < 4.78 is 13.9. The minimum Gasteiger partial charge on any atom is -0.481 e. The van der Waals surface area contributed by atoms with E-state index in [-0.39, 0.29) is 18.1 Å². The van der Waals surface area contributed by atoms with Gasteiger partial charge in [0, 0.05) is 23.9 Å². The SMILES string of the molecule is O=C(O)CCCCCNC(=O)CCc1cc(F)ccc1Br. The second-order valence-corrected chi connectivity index (χ2v) is 5.64. The van der Waals surface area contributed by atoms with Gasteiger partial charge in [-0.25, -0.2) is 4.39 Å². The van der Waals surface area contributed by atoms with E-state index in [2.05, 4.69) is 21.2 Å². The molecule has 116 valence electrons. The molecule has 0 heterocycles. The molecule has 4 nitrogen and oxygen atoms in total. The van der Waals surface area contributed by atoms with Crippen molar-refractivity contribution in [1.29, 1.82) is 0 Å². The van der Waals surface area contributed by atoms with Crippen LogP contribution in [0.25, 0.3) is 0 Å². The maximum Gasteiger partial charge on any atom is 0.303 e. The average molecular weight is 360 g/mol. The predicted octanol–water partition coefficient (Wildman–Crippen LogP) is 3.28. The third kappa shape index (κ3) is 7.80. The van der Waals surface area contributed by atoms with Crippen LogP contribution >= 0.6 is 15.9 Å². The number of carboxylic acid groups (broad SMARTS) is 1. The molecule has 0 saturated heterocycles. The van der Waals surface area contributed by atoms with Gasteiger partial charge in [0.05, 0.1) is 0 Å². The fourth-order valence-electron chi connectivity index (χ4n) is 1.88. The zero-order chi connectivity index (χ0) is 15.7. The van der Waals surface area contributed by atoms with E-state index in [1.54, 1.807) is 6.07 Å². The molecule has 6 heteroatoms. The smallest absolute Gasteiger partial charge is 0.303 e. The molecule has 0 bridgehead atoms. The molecule has 1 rings (SSSR count). The molecule has 21 heavy (non-hydrogen) atoms. The Morgan fingerprint density at radius 1 is 1.19 bits per heavy atom. The first-order valence-electron chi connectivity index (χ1n) is 6.91. The van der Waals surface area contributed by atoms with Crippen molar-refractivity contribution in [2.45, 2.75) is 38.5 Å². The Labute approximate surface area is 131 Å². The maximum atomic E-state index is 13.1. The Bertz CT molecular complexity index is 494. The zero-order valence-corrected chi connectivity index (χ0v) is 13.3. The number of hydrogen-bond donors (Lipinski definition) is 2. The lowest BCUT2D eigenvalue weighted by Gasteiger charge is -2.06. The second-order valence-electron chi connectivity index (χ2n) is 4.79. The molecule has 0 fully saturated rings. The highest BCUT2D eigenvalue weighted by Crippen LogP contribution is 2.19. The third-order valence-electron chi connectivity index (χ3n) is 3.02. The van der Waals surface area contributed by atoms with Gasteiger partial charge in [0.2, 0.25) is 5.91 Å². The van der Waals surface area contributed by atoms with Crippen LogP contribution in [0, 0.1) is 5.82 Å². The molecule has 0 aliphatic heterocycles. The van der Waals surface area contributed by atoms with Crippen LogP contribution in [-0.4, -0.2) is 23.5 Å².